The average molecular weight is 235 g/mol. The predicted molar refractivity (Wildman–Crippen MR) is 67.8 cm³/mol. The van der Waals surface area contributed by atoms with Crippen molar-refractivity contribution >= 4 is 23.2 Å². The van der Waals surface area contributed by atoms with E-state index in [2.05, 4.69) is 22.7 Å². The predicted octanol–water partition coefficient (Wildman–Crippen LogP) is 0.981. The lowest BCUT2D eigenvalue weighted by Gasteiger charge is -2.09. The molecule has 0 bridgehead atoms. The Morgan fingerprint density at radius 2 is 2.06 bits per heavy atom. The Kier molecular flexibility index (Phi) is 5.18. The molecule has 0 aliphatic carbocycles. The van der Waals surface area contributed by atoms with Crippen LogP contribution in [0.3, 0.4) is 0 Å². The quantitative estimate of drug-likeness (QED) is 0.315. The highest BCUT2D eigenvalue weighted by Crippen LogP contribution is 1.97. The standard InChI is InChI=1S/C11H13N3OS/c1-2-8-12-14-11(16)13-10(15)9-6-4-3-5-7-9/h2-7,12H,1,8H2,(H2,13,14,15,16). The minimum Gasteiger partial charge on any atom is -0.298 e. The van der Waals surface area contributed by atoms with E-state index in [0.29, 0.717) is 12.1 Å². The zero-order chi connectivity index (χ0) is 11.8. The molecule has 0 saturated carbocycles. The Balaban J connectivity index is 2.40. The highest BCUT2D eigenvalue weighted by molar-refractivity contribution is 7.80. The summed E-state index contributed by atoms with van der Waals surface area (Å²) in [5.41, 5.74) is 6.00. The zero-order valence-electron chi connectivity index (χ0n) is 8.69. The number of hydrazine groups is 1. The summed E-state index contributed by atoms with van der Waals surface area (Å²) in [5.74, 6) is -0.237. The Labute approximate surface area is 99.7 Å². The van der Waals surface area contributed by atoms with Crippen LogP contribution in [0.1, 0.15) is 10.4 Å². The number of nitrogens with one attached hydrogen (secondary N) is 3. The van der Waals surface area contributed by atoms with Crippen molar-refractivity contribution in [2.75, 3.05) is 6.54 Å². The summed E-state index contributed by atoms with van der Waals surface area (Å²) in [6.45, 7) is 4.09. The van der Waals surface area contributed by atoms with Crippen LogP contribution in [0.2, 0.25) is 0 Å². The normalized spacial score (nSPS) is 9.25. The number of hydrogen-bond acceptors (Lipinski definition) is 3. The van der Waals surface area contributed by atoms with E-state index in [1.165, 1.54) is 0 Å². The lowest BCUT2D eigenvalue weighted by Crippen LogP contribution is -2.46. The maximum absolute atomic E-state index is 11.6. The molecule has 0 aliphatic rings. The monoisotopic (exact) mass is 235 g/mol. The number of carbonyl (C=O) groups is 1. The molecule has 0 atom stereocenters. The summed E-state index contributed by atoms with van der Waals surface area (Å²) in [6, 6.07) is 8.87. The molecule has 5 heteroatoms. The van der Waals surface area contributed by atoms with E-state index in [0.717, 1.165) is 0 Å². The van der Waals surface area contributed by atoms with Gasteiger partial charge in [-0.1, -0.05) is 24.3 Å². The van der Waals surface area contributed by atoms with Gasteiger partial charge in [0.25, 0.3) is 5.91 Å². The van der Waals surface area contributed by atoms with E-state index in [-0.39, 0.29) is 11.0 Å². The summed E-state index contributed by atoms with van der Waals surface area (Å²) < 4.78 is 0. The highest BCUT2D eigenvalue weighted by atomic mass is 32.1. The lowest BCUT2D eigenvalue weighted by atomic mass is 10.2. The molecule has 0 aliphatic heterocycles. The molecule has 0 fully saturated rings. The third kappa shape index (κ3) is 4.20. The van der Waals surface area contributed by atoms with Gasteiger partial charge in [-0.05, 0) is 24.4 Å². The second-order valence-electron chi connectivity index (χ2n) is 2.94. The van der Waals surface area contributed by atoms with Gasteiger partial charge in [0.05, 0.1) is 0 Å². The molecule has 0 heterocycles. The first-order chi connectivity index (χ1) is 7.74. The summed E-state index contributed by atoms with van der Waals surface area (Å²) in [4.78, 5) is 11.6. The number of benzene rings is 1. The number of thiocarbonyl (C=S) groups is 1. The van der Waals surface area contributed by atoms with E-state index in [1.807, 2.05) is 6.07 Å². The molecule has 84 valence electrons. The van der Waals surface area contributed by atoms with Crippen LogP contribution in [0.25, 0.3) is 0 Å². The van der Waals surface area contributed by atoms with Crippen molar-refractivity contribution in [2.24, 2.45) is 0 Å². The van der Waals surface area contributed by atoms with Crippen molar-refractivity contribution < 1.29 is 4.79 Å². The largest absolute Gasteiger partial charge is 0.298 e. The summed E-state index contributed by atoms with van der Waals surface area (Å²) in [7, 11) is 0. The maximum Gasteiger partial charge on any atom is 0.257 e. The second-order valence-corrected chi connectivity index (χ2v) is 3.35. The van der Waals surface area contributed by atoms with Crippen LogP contribution in [0, 0.1) is 0 Å². The van der Waals surface area contributed by atoms with Gasteiger partial charge in [0, 0.05) is 12.1 Å². The lowest BCUT2D eigenvalue weighted by molar-refractivity contribution is 0.0976. The minimum absolute atomic E-state index is 0.232. The van der Waals surface area contributed by atoms with E-state index in [9.17, 15) is 4.79 Å². The molecular formula is C11H13N3OS. The van der Waals surface area contributed by atoms with Gasteiger partial charge < -0.3 is 0 Å². The Morgan fingerprint density at radius 3 is 2.69 bits per heavy atom. The smallest absolute Gasteiger partial charge is 0.257 e. The Bertz CT molecular complexity index is 378. The molecule has 1 amide bonds. The molecule has 1 aromatic rings. The van der Waals surface area contributed by atoms with Crippen LogP contribution >= 0.6 is 12.2 Å². The van der Waals surface area contributed by atoms with Crippen molar-refractivity contribution in [3.05, 3.63) is 48.6 Å². The summed E-state index contributed by atoms with van der Waals surface area (Å²) in [5, 5.41) is 2.77. The van der Waals surface area contributed by atoms with Gasteiger partial charge in [0.15, 0.2) is 5.11 Å². The van der Waals surface area contributed by atoms with Crippen LogP contribution < -0.4 is 16.2 Å². The van der Waals surface area contributed by atoms with Gasteiger partial charge in [-0.3, -0.25) is 15.5 Å². The third-order valence-electron chi connectivity index (χ3n) is 1.71. The molecule has 1 rings (SSSR count). The first-order valence-corrected chi connectivity index (χ1v) is 5.15. The summed E-state index contributed by atoms with van der Waals surface area (Å²) >= 11 is 4.90. The van der Waals surface area contributed by atoms with E-state index >= 15 is 0 Å². The molecule has 0 unspecified atom stereocenters. The average Bonchev–Trinajstić information content (AvgIpc) is 2.30. The molecule has 3 N–H and O–H groups in total. The van der Waals surface area contributed by atoms with Crippen molar-refractivity contribution in [1.82, 2.24) is 16.2 Å². The van der Waals surface area contributed by atoms with Gasteiger partial charge in [-0.25, -0.2) is 5.43 Å². The van der Waals surface area contributed by atoms with Crippen LogP contribution in [0.5, 0.6) is 0 Å². The van der Waals surface area contributed by atoms with Gasteiger partial charge in [-0.15, -0.1) is 6.58 Å². The van der Waals surface area contributed by atoms with Crippen LogP contribution in [-0.4, -0.2) is 17.6 Å². The zero-order valence-corrected chi connectivity index (χ0v) is 9.51. The van der Waals surface area contributed by atoms with Crippen molar-refractivity contribution in [1.29, 1.82) is 0 Å². The number of amides is 1. The fourth-order valence-corrected chi connectivity index (χ4v) is 1.16. The molecule has 0 aromatic heterocycles. The van der Waals surface area contributed by atoms with E-state index in [1.54, 1.807) is 30.3 Å². The number of rotatable bonds is 4. The molecule has 0 radical (unpaired) electrons. The molecule has 16 heavy (non-hydrogen) atoms. The van der Waals surface area contributed by atoms with E-state index < -0.39 is 0 Å². The first kappa shape index (κ1) is 12.4. The number of carbonyl (C=O) groups excluding carboxylic acids is 1. The van der Waals surface area contributed by atoms with Gasteiger partial charge in [0.1, 0.15) is 0 Å². The van der Waals surface area contributed by atoms with Gasteiger partial charge in [0.2, 0.25) is 0 Å². The molecule has 0 spiro atoms. The Morgan fingerprint density at radius 1 is 1.38 bits per heavy atom. The second kappa shape index (κ2) is 6.71. The summed E-state index contributed by atoms with van der Waals surface area (Å²) in [6.07, 6.45) is 1.68. The van der Waals surface area contributed by atoms with Crippen LogP contribution in [0.4, 0.5) is 0 Å². The van der Waals surface area contributed by atoms with Crippen LogP contribution in [0.15, 0.2) is 43.0 Å². The minimum atomic E-state index is -0.237. The van der Waals surface area contributed by atoms with Crippen molar-refractivity contribution in [3.8, 4) is 0 Å². The highest BCUT2D eigenvalue weighted by Gasteiger charge is 2.05. The number of hydrogen-bond donors (Lipinski definition) is 3. The third-order valence-corrected chi connectivity index (χ3v) is 1.92. The molecule has 4 nitrogen and oxygen atoms in total. The van der Waals surface area contributed by atoms with Gasteiger partial charge >= 0.3 is 0 Å². The maximum atomic E-state index is 11.6. The molecular weight excluding hydrogens is 222 g/mol. The van der Waals surface area contributed by atoms with Crippen molar-refractivity contribution in [2.45, 2.75) is 0 Å². The van der Waals surface area contributed by atoms with E-state index in [4.69, 9.17) is 12.2 Å². The fourth-order valence-electron chi connectivity index (χ4n) is 1.000. The molecule has 1 aromatic carbocycles. The topological polar surface area (TPSA) is 53.2 Å². The fraction of sp³-hybridized carbons (Fsp3) is 0.0909. The van der Waals surface area contributed by atoms with Crippen molar-refractivity contribution in [3.63, 3.8) is 0 Å². The Hall–Kier alpha value is -1.72. The SMILES string of the molecule is C=CCNNC(=S)NC(=O)c1ccccc1. The van der Waals surface area contributed by atoms with Crippen LogP contribution in [-0.2, 0) is 0 Å². The first-order valence-electron chi connectivity index (χ1n) is 4.74. The molecule has 0 saturated heterocycles. The van der Waals surface area contributed by atoms with Gasteiger partial charge in [-0.2, -0.15) is 0 Å².